The molecule has 0 aliphatic carbocycles. The number of benzene rings is 1. The van der Waals surface area contributed by atoms with Crippen LogP contribution in [0, 0.1) is 5.82 Å². The second-order valence-electron chi connectivity index (χ2n) is 6.29. The van der Waals surface area contributed by atoms with E-state index in [0.717, 1.165) is 24.1 Å². The van der Waals surface area contributed by atoms with E-state index in [-0.39, 0.29) is 24.2 Å². The minimum absolute atomic E-state index is 0.111. The molecule has 1 saturated heterocycles. The van der Waals surface area contributed by atoms with Gasteiger partial charge in [0, 0.05) is 37.5 Å². The first-order valence-electron chi connectivity index (χ1n) is 8.52. The maximum atomic E-state index is 13.2. The number of piperidine rings is 1. The minimum atomic E-state index is -0.389. The molecule has 1 fully saturated rings. The number of nitrogens with zero attached hydrogens (tertiary/aromatic N) is 4. The molecule has 2 aromatic heterocycles. The number of H-pyrrole nitrogens is 1. The number of halogens is 1. The zero-order valence-corrected chi connectivity index (χ0v) is 14.1. The van der Waals surface area contributed by atoms with Crippen LogP contribution in [-0.4, -0.2) is 50.7 Å². The number of hydrogen-bond donors (Lipinski definition) is 1. The number of carbonyl (C=O) groups excluding carboxylic acids is 1. The highest BCUT2D eigenvalue weighted by molar-refractivity contribution is 5.78. The molecule has 1 atom stereocenters. The summed E-state index contributed by atoms with van der Waals surface area (Å²) < 4.78 is 18.6. The summed E-state index contributed by atoms with van der Waals surface area (Å²) in [6.45, 7) is 1.14. The Morgan fingerprint density at radius 1 is 1.35 bits per heavy atom. The van der Waals surface area contributed by atoms with Crippen LogP contribution in [0.25, 0.3) is 11.2 Å². The van der Waals surface area contributed by atoms with Crippen LogP contribution in [0.2, 0.25) is 0 Å². The van der Waals surface area contributed by atoms with Gasteiger partial charge in [0.05, 0.1) is 5.69 Å². The molecule has 3 aromatic rings. The van der Waals surface area contributed by atoms with Gasteiger partial charge in [-0.25, -0.2) is 14.4 Å². The van der Waals surface area contributed by atoms with Gasteiger partial charge in [-0.2, -0.15) is 5.10 Å². The number of carbonyl (C=O) groups is 1. The van der Waals surface area contributed by atoms with Crippen LogP contribution in [0.1, 0.15) is 24.5 Å². The number of amides is 1. The zero-order valence-electron chi connectivity index (χ0n) is 14.1. The third-order valence-corrected chi connectivity index (χ3v) is 4.56. The lowest BCUT2D eigenvalue weighted by molar-refractivity contribution is -0.134. The summed E-state index contributed by atoms with van der Waals surface area (Å²) in [4.78, 5) is 22.8. The Kier molecular flexibility index (Phi) is 4.47. The number of aromatic amines is 1. The lowest BCUT2D eigenvalue weighted by atomic mass is 9.94. The van der Waals surface area contributed by atoms with Crippen LogP contribution >= 0.6 is 0 Å². The Hall–Kier alpha value is -3.03. The number of likely N-dealkylation sites (tertiary alicyclic amines) is 1. The normalized spacial score (nSPS) is 17.4. The van der Waals surface area contributed by atoms with Crippen molar-refractivity contribution >= 4 is 17.1 Å². The Morgan fingerprint density at radius 2 is 2.23 bits per heavy atom. The molecular weight excluding hydrogens is 337 g/mol. The van der Waals surface area contributed by atoms with Crippen LogP contribution in [0.4, 0.5) is 4.39 Å². The molecule has 0 bridgehead atoms. The molecular formula is C18H18FN5O2. The fourth-order valence-corrected chi connectivity index (χ4v) is 3.29. The highest BCUT2D eigenvalue weighted by atomic mass is 19.1. The highest BCUT2D eigenvalue weighted by Crippen LogP contribution is 2.29. The highest BCUT2D eigenvalue weighted by Gasteiger charge is 2.28. The Labute approximate surface area is 149 Å². The summed E-state index contributed by atoms with van der Waals surface area (Å²) in [6.07, 6.45) is 5.08. The average molecular weight is 355 g/mol. The fourth-order valence-electron chi connectivity index (χ4n) is 3.29. The van der Waals surface area contributed by atoms with Gasteiger partial charge in [-0.1, -0.05) is 6.07 Å². The topological polar surface area (TPSA) is 84.0 Å². The Balaban J connectivity index is 1.42. The van der Waals surface area contributed by atoms with Gasteiger partial charge in [0.1, 0.15) is 17.1 Å². The molecule has 1 aliphatic heterocycles. The quantitative estimate of drug-likeness (QED) is 0.776. The minimum Gasteiger partial charge on any atom is -0.484 e. The molecule has 1 N–H and O–H groups in total. The van der Waals surface area contributed by atoms with Crippen LogP contribution in [0.5, 0.6) is 5.75 Å². The Bertz CT molecular complexity index is 929. The number of fused-ring (bicyclic) bond motifs is 1. The van der Waals surface area contributed by atoms with Crippen molar-refractivity contribution in [3.63, 3.8) is 0 Å². The molecule has 1 aromatic carbocycles. The third-order valence-electron chi connectivity index (χ3n) is 4.56. The summed E-state index contributed by atoms with van der Waals surface area (Å²) in [7, 11) is 0. The van der Waals surface area contributed by atoms with Crippen molar-refractivity contribution in [3.8, 4) is 5.75 Å². The standard InChI is InChI=1S/C18H18FN5O2/c19-13-4-1-5-14(9-13)26-11-15(25)24-8-2-3-12(10-24)16-17-18(23-22-16)21-7-6-20-17/h1,4-7,9,12H,2-3,8,10-11H2,(H,21,22,23). The van der Waals surface area contributed by atoms with E-state index in [1.165, 1.54) is 12.1 Å². The summed E-state index contributed by atoms with van der Waals surface area (Å²) in [5.41, 5.74) is 2.25. The molecule has 26 heavy (non-hydrogen) atoms. The number of rotatable bonds is 4. The first-order valence-corrected chi connectivity index (χ1v) is 8.52. The van der Waals surface area contributed by atoms with E-state index in [4.69, 9.17) is 4.74 Å². The van der Waals surface area contributed by atoms with Gasteiger partial charge in [0.25, 0.3) is 5.91 Å². The summed E-state index contributed by atoms with van der Waals surface area (Å²) in [5.74, 6) is -0.0283. The molecule has 134 valence electrons. The van der Waals surface area contributed by atoms with E-state index < -0.39 is 0 Å². The fraction of sp³-hybridized carbons (Fsp3) is 0.333. The third kappa shape index (κ3) is 3.35. The molecule has 1 aliphatic rings. The lowest BCUT2D eigenvalue weighted by Gasteiger charge is -2.32. The monoisotopic (exact) mass is 355 g/mol. The van der Waals surface area contributed by atoms with Gasteiger partial charge in [0.2, 0.25) is 0 Å². The summed E-state index contributed by atoms with van der Waals surface area (Å²) in [5, 5.41) is 7.21. The lowest BCUT2D eigenvalue weighted by Crippen LogP contribution is -2.41. The number of ether oxygens (including phenoxy) is 1. The smallest absolute Gasteiger partial charge is 0.260 e. The van der Waals surface area contributed by atoms with Crippen LogP contribution in [0.3, 0.4) is 0 Å². The molecule has 0 radical (unpaired) electrons. The van der Waals surface area contributed by atoms with Gasteiger partial charge < -0.3 is 9.64 Å². The average Bonchev–Trinajstić information content (AvgIpc) is 3.10. The van der Waals surface area contributed by atoms with Crippen molar-refractivity contribution in [2.45, 2.75) is 18.8 Å². The van der Waals surface area contributed by atoms with E-state index in [1.807, 2.05) is 0 Å². The van der Waals surface area contributed by atoms with E-state index in [1.54, 1.807) is 29.4 Å². The van der Waals surface area contributed by atoms with Crippen molar-refractivity contribution in [2.75, 3.05) is 19.7 Å². The molecule has 0 spiro atoms. The molecule has 1 amide bonds. The molecule has 3 heterocycles. The predicted molar refractivity (Wildman–Crippen MR) is 92.1 cm³/mol. The first-order chi connectivity index (χ1) is 12.7. The van der Waals surface area contributed by atoms with Gasteiger partial charge in [0.15, 0.2) is 12.3 Å². The molecule has 8 heteroatoms. The summed E-state index contributed by atoms with van der Waals surface area (Å²) >= 11 is 0. The van der Waals surface area contributed by atoms with Gasteiger partial charge >= 0.3 is 0 Å². The second kappa shape index (κ2) is 7.07. The number of nitrogens with one attached hydrogen (secondary N) is 1. The van der Waals surface area contributed by atoms with Gasteiger partial charge in [-0.3, -0.25) is 9.89 Å². The van der Waals surface area contributed by atoms with Gasteiger partial charge in [-0.15, -0.1) is 0 Å². The number of aromatic nitrogens is 4. The first kappa shape index (κ1) is 16.4. The van der Waals surface area contributed by atoms with Crippen molar-refractivity contribution in [2.24, 2.45) is 0 Å². The predicted octanol–water partition coefficient (Wildman–Crippen LogP) is 2.28. The van der Waals surface area contributed by atoms with E-state index in [9.17, 15) is 9.18 Å². The zero-order chi connectivity index (χ0) is 17.9. The van der Waals surface area contributed by atoms with Crippen molar-refractivity contribution in [1.82, 2.24) is 25.1 Å². The van der Waals surface area contributed by atoms with Crippen LogP contribution < -0.4 is 4.74 Å². The van der Waals surface area contributed by atoms with E-state index >= 15 is 0 Å². The molecule has 7 nitrogen and oxygen atoms in total. The maximum Gasteiger partial charge on any atom is 0.260 e. The van der Waals surface area contributed by atoms with E-state index in [0.29, 0.717) is 24.5 Å². The van der Waals surface area contributed by atoms with Crippen LogP contribution in [-0.2, 0) is 4.79 Å². The Morgan fingerprint density at radius 3 is 3.12 bits per heavy atom. The molecule has 4 rings (SSSR count). The second-order valence-corrected chi connectivity index (χ2v) is 6.29. The van der Waals surface area contributed by atoms with Gasteiger partial charge in [-0.05, 0) is 25.0 Å². The molecule has 0 saturated carbocycles. The van der Waals surface area contributed by atoms with Crippen LogP contribution in [0.15, 0.2) is 36.7 Å². The van der Waals surface area contributed by atoms with Crippen molar-refractivity contribution in [3.05, 3.63) is 48.2 Å². The largest absolute Gasteiger partial charge is 0.484 e. The SMILES string of the molecule is O=C(COc1cccc(F)c1)N1CCCC(c2[nH]nc3nccnc23)C1. The maximum absolute atomic E-state index is 13.2. The van der Waals surface area contributed by atoms with E-state index in [2.05, 4.69) is 20.2 Å². The number of hydrogen-bond acceptors (Lipinski definition) is 5. The van der Waals surface area contributed by atoms with Crippen molar-refractivity contribution in [1.29, 1.82) is 0 Å². The van der Waals surface area contributed by atoms with Crippen molar-refractivity contribution < 1.29 is 13.9 Å². The molecule has 1 unspecified atom stereocenters. The summed E-state index contributed by atoms with van der Waals surface area (Å²) in [6, 6.07) is 5.78.